The zero-order valence-electron chi connectivity index (χ0n) is 21.1. The summed E-state index contributed by atoms with van der Waals surface area (Å²) in [6, 6.07) is 25.4. The summed E-state index contributed by atoms with van der Waals surface area (Å²) >= 11 is 1.55. The number of amides is 1. The lowest BCUT2D eigenvalue weighted by Gasteiger charge is -2.28. The summed E-state index contributed by atoms with van der Waals surface area (Å²) in [4.78, 5) is 18.3. The van der Waals surface area contributed by atoms with Gasteiger partial charge in [0.2, 0.25) is 11.1 Å². The topological polar surface area (TPSA) is 81.1 Å². The summed E-state index contributed by atoms with van der Waals surface area (Å²) in [6.45, 7) is 4.04. The van der Waals surface area contributed by atoms with Crippen molar-refractivity contribution < 1.29 is 9.53 Å². The second-order valence-corrected chi connectivity index (χ2v) is 9.73. The molecule has 37 heavy (non-hydrogen) atoms. The fraction of sp³-hybridized carbons (Fsp3) is 0.207. The first-order valence-electron chi connectivity index (χ1n) is 12.2. The zero-order valence-corrected chi connectivity index (χ0v) is 21.9. The zero-order chi connectivity index (χ0) is 25.8. The first-order valence-corrected chi connectivity index (χ1v) is 13.2. The number of thioether (sulfide) groups is 1. The van der Waals surface area contributed by atoms with Gasteiger partial charge in [-0.05, 0) is 54.3 Å². The quantitative estimate of drug-likeness (QED) is 0.280. The molecule has 0 saturated carbocycles. The molecule has 2 heterocycles. The second kappa shape index (κ2) is 10.9. The van der Waals surface area contributed by atoms with Crippen LogP contribution in [0, 0.1) is 0 Å². The van der Waals surface area contributed by atoms with Crippen LogP contribution in [0.25, 0.3) is 0 Å². The van der Waals surface area contributed by atoms with Gasteiger partial charge < -0.3 is 15.4 Å². The molecule has 1 amide bonds. The molecule has 4 aromatic rings. The van der Waals surface area contributed by atoms with Crippen molar-refractivity contribution in [1.29, 1.82) is 0 Å². The standard InChI is InChI=1S/C29H29N5O2S/c1-4-20-13-15-22(16-14-20)26-25(27(35)31-23-10-6-5-7-11-23)19(2)30-28-32-29(33-34(26)28)37-18-21-9-8-12-24(17-21)36-3/h5-17,26H,4,18H2,1-3H3,(H,31,35)(H,30,32,33)/t26-/m1/s1. The minimum Gasteiger partial charge on any atom is -0.497 e. The predicted molar refractivity (Wildman–Crippen MR) is 148 cm³/mol. The maximum Gasteiger partial charge on any atom is 0.255 e. The van der Waals surface area contributed by atoms with Crippen molar-refractivity contribution in [3.63, 3.8) is 0 Å². The number of hydrogen-bond acceptors (Lipinski definition) is 6. The molecular weight excluding hydrogens is 482 g/mol. The number of ether oxygens (including phenoxy) is 1. The summed E-state index contributed by atoms with van der Waals surface area (Å²) in [5.41, 5.74) is 5.44. The smallest absolute Gasteiger partial charge is 0.255 e. The fourth-order valence-corrected chi connectivity index (χ4v) is 5.13. The van der Waals surface area contributed by atoms with Crippen molar-refractivity contribution in [2.75, 3.05) is 17.7 Å². The average Bonchev–Trinajstić information content (AvgIpc) is 3.34. The number of fused-ring (bicyclic) bond motifs is 1. The van der Waals surface area contributed by atoms with Crippen LogP contribution in [0.1, 0.15) is 36.6 Å². The number of allylic oxidation sites excluding steroid dienone is 1. The highest BCUT2D eigenvalue weighted by Crippen LogP contribution is 2.37. The highest BCUT2D eigenvalue weighted by molar-refractivity contribution is 7.98. The van der Waals surface area contributed by atoms with E-state index in [1.807, 2.05) is 60.1 Å². The van der Waals surface area contributed by atoms with Crippen LogP contribution in [0.2, 0.25) is 0 Å². The van der Waals surface area contributed by atoms with Crippen LogP contribution in [0.15, 0.2) is 95.3 Å². The van der Waals surface area contributed by atoms with Gasteiger partial charge in [-0.25, -0.2) is 4.68 Å². The van der Waals surface area contributed by atoms with Gasteiger partial charge in [0.15, 0.2) is 0 Å². The van der Waals surface area contributed by atoms with E-state index in [0.717, 1.165) is 34.7 Å². The molecule has 1 atom stereocenters. The van der Waals surface area contributed by atoms with Gasteiger partial charge in [-0.2, -0.15) is 4.98 Å². The number of nitrogens with zero attached hydrogens (tertiary/aromatic N) is 3. The number of carbonyl (C=O) groups is 1. The van der Waals surface area contributed by atoms with Crippen molar-refractivity contribution in [3.05, 3.63) is 107 Å². The van der Waals surface area contributed by atoms with Gasteiger partial charge in [0, 0.05) is 17.1 Å². The van der Waals surface area contributed by atoms with E-state index in [1.54, 1.807) is 18.9 Å². The van der Waals surface area contributed by atoms with E-state index in [-0.39, 0.29) is 5.91 Å². The maximum absolute atomic E-state index is 13.6. The van der Waals surface area contributed by atoms with E-state index in [0.29, 0.717) is 22.4 Å². The van der Waals surface area contributed by atoms with Crippen LogP contribution in [0.5, 0.6) is 5.75 Å². The van der Waals surface area contributed by atoms with E-state index in [1.165, 1.54) is 5.56 Å². The van der Waals surface area contributed by atoms with Gasteiger partial charge in [-0.15, -0.1) is 5.10 Å². The molecule has 0 radical (unpaired) electrons. The van der Waals surface area contributed by atoms with Crippen LogP contribution in [-0.2, 0) is 17.0 Å². The van der Waals surface area contributed by atoms with E-state index in [9.17, 15) is 4.79 Å². The molecule has 0 saturated heterocycles. The van der Waals surface area contributed by atoms with Crippen molar-refractivity contribution in [2.45, 2.75) is 37.2 Å². The fourth-order valence-electron chi connectivity index (χ4n) is 4.36. The summed E-state index contributed by atoms with van der Waals surface area (Å²) in [5.74, 6) is 1.96. The molecule has 0 bridgehead atoms. The first-order chi connectivity index (χ1) is 18.1. The lowest BCUT2D eigenvalue weighted by molar-refractivity contribution is -0.113. The van der Waals surface area contributed by atoms with Crippen molar-refractivity contribution in [3.8, 4) is 5.75 Å². The summed E-state index contributed by atoms with van der Waals surface area (Å²) in [5, 5.41) is 11.8. The molecule has 0 unspecified atom stereocenters. The van der Waals surface area contributed by atoms with Crippen molar-refractivity contribution >= 4 is 29.3 Å². The van der Waals surface area contributed by atoms with Crippen LogP contribution >= 0.6 is 11.8 Å². The SMILES string of the molecule is CCc1ccc([C@@H]2C(C(=O)Nc3ccccc3)=C(C)Nc3nc(SCc4cccc(OC)c4)nn32)cc1. The number of benzene rings is 3. The third-order valence-corrected chi connectivity index (χ3v) is 7.22. The van der Waals surface area contributed by atoms with E-state index < -0.39 is 6.04 Å². The van der Waals surface area contributed by atoms with E-state index in [2.05, 4.69) is 47.9 Å². The molecule has 8 heteroatoms. The Labute approximate surface area is 221 Å². The highest BCUT2D eigenvalue weighted by atomic mass is 32.2. The van der Waals surface area contributed by atoms with E-state index in [4.69, 9.17) is 14.8 Å². The Balaban J connectivity index is 1.47. The molecule has 188 valence electrons. The Morgan fingerprint density at radius 1 is 1.05 bits per heavy atom. The van der Waals surface area contributed by atoms with Gasteiger partial charge in [0.25, 0.3) is 5.91 Å². The van der Waals surface area contributed by atoms with Crippen LogP contribution in [-0.4, -0.2) is 27.8 Å². The van der Waals surface area contributed by atoms with E-state index >= 15 is 0 Å². The predicted octanol–water partition coefficient (Wildman–Crippen LogP) is 6.07. The minimum atomic E-state index is -0.412. The summed E-state index contributed by atoms with van der Waals surface area (Å²) in [7, 11) is 1.66. The molecule has 0 spiro atoms. The first kappa shape index (κ1) is 24.6. The Hall–Kier alpha value is -4.04. The third-order valence-electron chi connectivity index (χ3n) is 6.32. The largest absolute Gasteiger partial charge is 0.497 e. The number of aryl methyl sites for hydroxylation is 1. The molecular formula is C29H29N5O2S. The average molecular weight is 512 g/mol. The van der Waals surface area contributed by atoms with Crippen molar-refractivity contribution in [2.24, 2.45) is 0 Å². The molecule has 0 fully saturated rings. The van der Waals surface area contributed by atoms with Gasteiger partial charge >= 0.3 is 0 Å². The van der Waals surface area contributed by atoms with Crippen LogP contribution in [0.4, 0.5) is 11.6 Å². The lowest BCUT2D eigenvalue weighted by Crippen LogP contribution is -2.31. The Morgan fingerprint density at radius 3 is 2.57 bits per heavy atom. The Kier molecular flexibility index (Phi) is 7.28. The van der Waals surface area contributed by atoms with Crippen molar-refractivity contribution in [1.82, 2.24) is 14.8 Å². The number of para-hydroxylation sites is 1. The summed E-state index contributed by atoms with van der Waals surface area (Å²) in [6.07, 6.45) is 0.947. The Bertz CT molecular complexity index is 1430. The van der Waals surface area contributed by atoms with Gasteiger partial charge in [-0.3, -0.25) is 4.79 Å². The normalized spacial score (nSPS) is 14.6. The van der Waals surface area contributed by atoms with Gasteiger partial charge in [0.1, 0.15) is 11.8 Å². The molecule has 5 rings (SSSR count). The number of hydrogen-bond donors (Lipinski definition) is 2. The maximum atomic E-state index is 13.6. The van der Waals surface area contributed by atoms with Crippen LogP contribution < -0.4 is 15.4 Å². The van der Waals surface area contributed by atoms with Gasteiger partial charge in [0.05, 0.1) is 12.7 Å². The number of anilines is 2. The number of carbonyl (C=O) groups excluding carboxylic acids is 1. The molecule has 1 aliphatic rings. The summed E-state index contributed by atoms with van der Waals surface area (Å²) < 4.78 is 7.16. The van der Waals surface area contributed by atoms with Gasteiger partial charge in [-0.1, -0.05) is 73.3 Å². The molecule has 1 aromatic heterocycles. The van der Waals surface area contributed by atoms with Crippen LogP contribution in [0.3, 0.4) is 0 Å². The molecule has 1 aliphatic heterocycles. The lowest BCUT2D eigenvalue weighted by atomic mass is 9.94. The monoisotopic (exact) mass is 511 g/mol. The Morgan fingerprint density at radius 2 is 1.84 bits per heavy atom. The second-order valence-electron chi connectivity index (χ2n) is 8.78. The molecule has 3 aromatic carbocycles. The molecule has 2 N–H and O–H groups in total. The molecule has 0 aliphatic carbocycles. The minimum absolute atomic E-state index is 0.174. The highest BCUT2D eigenvalue weighted by Gasteiger charge is 2.34. The number of methoxy groups -OCH3 is 1. The third kappa shape index (κ3) is 5.39. The molecule has 7 nitrogen and oxygen atoms in total. The number of nitrogens with one attached hydrogen (secondary N) is 2. The number of rotatable bonds is 8. The number of aromatic nitrogens is 3.